The van der Waals surface area contributed by atoms with Crippen molar-refractivity contribution in [2.75, 3.05) is 11.9 Å². The van der Waals surface area contributed by atoms with Crippen molar-refractivity contribution in [3.63, 3.8) is 0 Å². The van der Waals surface area contributed by atoms with Crippen LogP contribution in [0.15, 0.2) is 29.0 Å². The van der Waals surface area contributed by atoms with Gasteiger partial charge in [0, 0.05) is 32.3 Å². The maximum absolute atomic E-state index is 12.7. The number of aliphatic hydroxyl groups excluding tert-OH is 1. The van der Waals surface area contributed by atoms with E-state index in [0.29, 0.717) is 18.7 Å². The molecule has 1 aliphatic rings. The van der Waals surface area contributed by atoms with E-state index in [1.165, 1.54) is 0 Å². The van der Waals surface area contributed by atoms with Crippen LogP contribution in [0.3, 0.4) is 0 Å². The average Bonchev–Trinajstić information content (AvgIpc) is 3.27. The Labute approximate surface area is 147 Å². The van der Waals surface area contributed by atoms with Crippen LogP contribution in [0.2, 0.25) is 0 Å². The number of nitrogens with zero attached hydrogens (tertiary/aromatic N) is 3. The van der Waals surface area contributed by atoms with E-state index in [1.54, 1.807) is 23.1 Å². The van der Waals surface area contributed by atoms with Crippen molar-refractivity contribution in [3.8, 4) is 0 Å². The lowest BCUT2D eigenvalue weighted by atomic mass is 10.1. The molecule has 1 aliphatic heterocycles. The van der Waals surface area contributed by atoms with Crippen LogP contribution in [-0.2, 0) is 7.05 Å². The summed E-state index contributed by atoms with van der Waals surface area (Å²) in [6.45, 7) is 4.80. The number of aliphatic hydroxyl groups is 1. The molecule has 2 aromatic heterocycles. The summed E-state index contributed by atoms with van der Waals surface area (Å²) in [6.07, 6.45) is 4.98. The molecule has 0 aromatic carbocycles. The number of aromatic nitrogens is 2. The number of urea groups is 1. The van der Waals surface area contributed by atoms with Gasteiger partial charge in [0.2, 0.25) is 0 Å². The van der Waals surface area contributed by atoms with Crippen molar-refractivity contribution in [1.29, 1.82) is 0 Å². The first kappa shape index (κ1) is 17.5. The fourth-order valence-electron chi connectivity index (χ4n) is 3.42. The highest BCUT2D eigenvalue weighted by Crippen LogP contribution is 2.29. The van der Waals surface area contributed by atoms with Gasteiger partial charge in [0.25, 0.3) is 0 Å². The molecular weight excluding hydrogens is 320 g/mol. The standard InChI is InChI=1S/C18H26N4O3/c1-12(2)17-14(11-21(3)20-17)19-18(24)22-8-4-6-13(22)10-15(23)16-7-5-9-25-16/h5,7,9,11-13,15,23H,4,6,8,10H2,1-3H3,(H,19,24)/t13-,15-/m0/s1. The minimum Gasteiger partial charge on any atom is -0.467 e. The molecule has 7 nitrogen and oxygen atoms in total. The summed E-state index contributed by atoms with van der Waals surface area (Å²) in [5.74, 6) is 0.772. The molecule has 0 unspecified atom stereocenters. The van der Waals surface area contributed by atoms with Crippen LogP contribution >= 0.6 is 0 Å². The number of carbonyl (C=O) groups is 1. The largest absolute Gasteiger partial charge is 0.467 e. The zero-order valence-corrected chi connectivity index (χ0v) is 15.0. The molecule has 0 spiro atoms. The lowest BCUT2D eigenvalue weighted by molar-refractivity contribution is 0.110. The molecule has 0 radical (unpaired) electrons. The van der Waals surface area contributed by atoms with E-state index < -0.39 is 6.10 Å². The number of amides is 2. The Kier molecular flexibility index (Phi) is 5.13. The number of furan rings is 1. The summed E-state index contributed by atoms with van der Waals surface area (Å²) < 4.78 is 6.98. The second-order valence-electron chi connectivity index (χ2n) is 6.94. The topological polar surface area (TPSA) is 83.5 Å². The van der Waals surface area contributed by atoms with Gasteiger partial charge in [-0.05, 0) is 30.9 Å². The van der Waals surface area contributed by atoms with Gasteiger partial charge in [-0.1, -0.05) is 13.8 Å². The number of hydrogen-bond donors (Lipinski definition) is 2. The Bertz CT molecular complexity index is 708. The molecule has 0 bridgehead atoms. The highest BCUT2D eigenvalue weighted by Gasteiger charge is 2.32. The lowest BCUT2D eigenvalue weighted by Gasteiger charge is -2.26. The molecule has 3 rings (SSSR count). The number of rotatable bonds is 5. The highest BCUT2D eigenvalue weighted by atomic mass is 16.4. The van der Waals surface area contributed by atoms with Crippen molar-refractivity contribution in [2.45, 2.75) is 51.2 Å². The van der Waals surface area contributed by atoms with Crippen molar-refractivity contribution < 1.29 is 14.3 Å². The monoisotopic (exact) mass is 346 g/mol. The minimum absolute atomic E-state index is 0.000675. The first-order valence-corrected chi connectivity index (χ1v) is 8.78. The number of nitrogens with one attached hydrogen (secondary N) is 1. The number of likely N-dealkylation sites (tertiary alicyclic amines) is 1. The number of anilines is 1. The normalized spacial score (nSPS) is 18.8. The Morgan fingerprint density at radius 2 is 2.32 bits per heavy atom. The molecular formula is C18H26N4O3. The van der Waals surface area contributed by atoms with Crippen LogP contribution in [0, 0.1) is 0 Å². The summed E-state index contributed by atoms with van der Waals surface area (Å²) in [7, 11) is 1.85. The Hall–Kier alpha value is -2.28. The SMILES string of the molecule is CC(C)c1nn(C)cc1NC(=O)N1CCC[C@H]1C[C@H](O)c1ccco1. The molecule has 2 aromatic rings. The maximum Gasteiger partial charge on any atom is 0.322 e. The second-order valence-corrected chi connectivity index (χ2v) is 6.94. The molecule has 7 heteroatoms. The summed E-state index contributed by atoms with van der Waals surface area (Å²) in [5.41, 5.74) is 1.63. The quantitative estimate of drug-likeness (QED) is 0.870. The van der Waals surface area contributed by atoms with Crippen LogP contribution in [0.5, 0.6) is 0 Å². The molecule has 2 N–H and O–H groups in total. The van der Waals surface area contributed by atoms with E-state index >= 15 is 0 Å². The molecule has 3 heterocycles. The summed E-state index contributed by atoms with van der Waals surface area (Å²) in [4.78, 5) is 14.6. The van der Waals surface area contributed by atoms with E-state index in [2.05, 4.69) is 24.3 Å². The zero-order valence-electron chi connectivity index (χ0n) is 15.0. The number of aryl methyl sites for hydroxylation is 1. The third kappa shape index (κ3) is 3.87. The van der Waals surface area contributed by atoms with Crippen LogP contribution < -0.4 is 5.32 Å². The van der Waals surface area contributed by atoms with Crippen LogP contribution in [0.1, 0.15) is 56.6 Å². The van der Waals surface area contributed by atoms with Gasteiger partial charge in [-0.2, -0.15) is 5.10 Å². The Morgan fingerprint density at radius 3 is 3.00 bits per heavy atom. The second kappa shape index (κ2) is 7.31. The van der Waals surface area contributed by atoms with E-state index in [1.807, 2.05) is 18.1 Å². The molecule has 25 heavy (non-hydrogen) atoms. The van der Waals surface area contributed by atoms with E-state index in [-0.39, 0.29) is 18.0 Å². The van der Waals surface area contributed by atoms with Gasteiger partial charge < -0.3 is 19.7 Å². The molecule has 0 saturated carbocycles. The fourth-order valence-corrected chi connectivity index (χ4v) is 3.42. The number of carbonyl (C=O) groups excluding carboxylic acids is 1. The van der Waals surface area contributed by atoms with Crippen molar-refractivity contribution >= 4 is 11.7 Å². The molecule has 1 saturated heterocycles. The first-order chi connectivity index (χ1) is 12.0. The van der Waals surface area contributed by atoms with Gasteiger partial charge in [0.1, 0.15) is 11.9 Å². The van der Waals surface area contributed by atoms with E-state index in [4.69, 9.17) is 4.42 Å². The predicted octanol–water partition coefficient (Wildman–Crippen LogP) is 3.26. The highest BCUT2D eigenvalue weighted by molar-refractivity contribution is 5.90. The van der Waals surface area contributed by atoms with Crippen molar-refractivity contribution in [2.24, 2.45) is 7.05 Å². The first-order valence-electron chi connectivity index (χ1n) is 8.78. The van der Waals surface area contributed by atoms with Gasteiger partial charge in [0.05, 0.1) is 17.6 Å². The number of hydrogen-bond acceptors (Lipinski definition) is 4. The smallest absolute Gasteiger partial charge is 0.322 e. The average molecular weight is 346 g/mol. The third-order valence-electron chi connectivity index (χ3n) is 4.65. The summed E-state index contributed by atoms with van der Waals surface area (Å²) >= 11 is 0. The van der Waals surface area contributed by atoms with Gasteiger partial charge in [-0.25, -0.2) is 4.79 Å². The Balaban J connectivity index is 1.67. The summed E-state index contributed by atoms with van der Waals surface area (Å²) in [5, 5.41) is 17.7. The van der Waals surface area contributed by atoms with Gasteiger partial charge in [-0.15, -0.1) is 0 Å². The van der Waals surface area contributed by atoms with Crippen molar-refractivity contribution in [1.82, 2.24) is 14.7 Å². The molecule has 2 amide bonds. The lowest BCUT2D eigenvalue weighted by Crippen LogP contribution is -2.39. The molecule has 2 atom stereocenters. The van der Waals surface area contributed by atoms with E-state index in [0.717, 1.165) is 24.2 Å². The van der Waals surface area contributed by atoms with Crippen molar-refractivity contribution in [3.05, 3.63) is 36.0 Å². The van der Waals surface area contributed by atoms with Crippen LogP contribution in [0.4, 0.5) is 10.5 Å². The molecule has 0 aliphatic carbocycles. The van der Waals surface area contributed by atoms with E-state index in [9.17, 15) is 9.90 Å². The predicted molar refractivity (Wildman–Crippen MR) is 94.3 cm³/mol. The summed E-state index contributed by atoms with van der Waals surface area (Å²) in [6, 6.07) is 3.38. The Morgan fingerprint density at radius 1 is 1.52 bits per heavy atom. The van der Waals surface area contributed by atoms with Gasteiger partial charge >= 0.3 is 6.03 Å². The zero-order chi connectivity index (χ0) is 18.0. The van der Waals surface area contributed by atoms with Gasteiger partial charge in [-0.3, -0.25) is 4.68 Å². The van der Waals surface area contributed by atoms with Crippen LogP contribution in [-0.4, -0.2) is 38.4 Å². The fraction of sp³-hybridized carbons (Fsp3) is 0.556. The third-order valence-corrected chi connectivity index (χ3v) is 4.65. The molecule has 1 fully saturated rings. The van der Waals surface area contributed by atoms with Gasteiger partial charge in [0.15, 0.2) is 0 Å². The van der Waals surface area contributed by atoms with Crippen LogP contribution in [0.25, 0.3) is 0 Å². The maximum atomic E-state index is 12.7. The molecule has 136 valence electrons. The minimum atomic E-state index is -0.696.